The summed E-state index contributed by atoms with van der Waals surface area (Å²) in [7, 11) is 0. The summed E-state index contributed by atoms with van der Waals surface area (Å²) < 4.78 is 5.84. The van der Waals surface area contributed by atoms with E-state index in [1.165, 1.54) is 0 Å². The van der Waals surface area contributed by atoms with Crippen molar-refractivity contribution in [2.24, 2.45) is 5.92 Å². The molecule has 2 rings (SSSR count). The van der Waals surface area contributed by atoms with Gasteiger partial charge in [0.2, 0.25) is 0 Å². The Morgan fingerprint density at radius 1 is 1.50 bits per heavy atom. The van der Waals surface area contributed by atoms with Crippen LogP contribution in [0, 0.1) is 5.92 Å². The zero-order chi connectivity index (χ0) is 14.5. The molecule has 0 aliphatic carbocycles. The van der Waals surface area contributed by atoms with Gasteiger partial charge in [-0.3, -0.25) is 4.79 Å². The fourth-order valence-electron chi connectivity index (χ4n) is 2.19. The fourth-order valence-corrected chi connectivity index (χ4v) is 2.19. The van der Waals surface area contributed by atoms with Crippen molar-refractivity contribution in [2.75, 3.05) is 25.0 Å². The highest BCUT2D eigenvalue weighted by Gasteiger charge is 2.18. The molecule has 0 bridgehead atoms. The third-order valence-electron chi connectivity index (χ3n) is 3.41. The van der Waals surface area contributed by atoms with Crippen molar-refractivity contribution in [1.82, 2.24) is 5.32 Å². The molecule has 4 heteroatoms. The van der Waals surface area contributed by atoms with Gasteiger partial charge in [-0.15, -0.1) is 0 Å². The molecule has 1 heterocycles. The van der Waals surface area contributed by atoms with Gasteiger partial charge in [0.05, 0.1) is 18.8 Å². The van der Waals surface area contributed by atoms with Crippen molar-refractivity contribution in [1.29, 1.82) is 0 Å². The molecule has 4 nitrogen and oxygen atoms in total. The molecule has 110 valence electrons. The van der Waals surface area contributed by atoms with Crippen LogP contribution in [0.2, 0.25) is 0 Å². The summed E-state index contributed by atoms with van der Waals surface area (Å²) in [6, 6.07) is 5.62. The van der Waals surface area contributed by atoms with Crippen LogP contribution in [-0.4, -0.2) is 31.5 Å². The van der Waals surface area contributed by atoms with Gasteiger partial charge < -0.3 is 15.4 Å². The van der Waals surface area contributed by atoms with E-state index in [0.717, 1.165) is 36.5 Å². The summed E-state index contributed by atoms with van der Waals surface area (Å²) in [4.78, 5) is 12.1. The lowest BCUT2D eigenvalue weighted by atomic mass is 10.1. The van der Waals surface area contributed by atoms with Gasteiger partial charge in [-0.05, 0) is 37.1 Å². The Bertz CT molecular complexity index is 472. The standard InChI is InChI=1S/C16H24N2O2/c1-4-13-9-18-14-7-12(5-6-16(14)20-13)15(19)10-17-8-11(2)3/h5-7,11,13,17-18H,4,8-10H2,1-3H3. The molecule has 0 aromatic heterocycles. The second-order valence-corrected chi connectivity index (χ2v) is 5.69. The van der Waals surface area contributed by atoms with Gasteiger partial charge in [0.15, 0.2) is 5.78 Å². The van der Waals surface area contributed by atoms with Gasteiger partial charge in [-0.2, -0.15) is 0 Å². The monoisotopic (exact) mass is 276 g/mol. The van der Waals surface area contributed by atoms with Gasteiger partial charge >= 0.3 is 0 Å². The summed E-state index contributed by atoms with van der Waals surface area (Å²) >= 11 is 0. The Morgan fingerprint density at radius 3 is 3.00 bits per heavy atom. The molecule has 0 saturated carbocycles. The first-order chi connectivity index (χ1) is 9.60. The maximum absolute atomic E-state index is 12.1. The van der Waals surface area contributed by atoms with Gasteiger partial charge in [0.25, 0.3) is 0 Å². The fraction of sp³-hybridized carbons (Fsp3) is 0.562. The first-order valence-electron chi connectivity index (χ1n) is 7.38. The molecule has 1 aromatic carbocycles. The number of anilines is 1. The highest BCUT2D eigenvalue weighted by molar-refractivity contribution is 5.98. The van der Waals surface area contributed by atoms with E-state index in [9.17, 15) is 4.79 Å². The number of fused-ring (bicyclic) bond motifs is 1. The zero-order valence-electron chi connectivity index (χ0n) is 12.5. The molecular weight excluding hydrogens is 252 g/mol. The first kappa shape index (κ1) is 14.9. The van der Waals surface area contributed by atoms with E-state index in [0.29, 0.717) is 12.5 Å². The molecule has 20 heavy (non-hydrogen) atoms. The smallest absolute Gasteiger partial charge is 0.176 e. The molecule has 1 aromatic rings. The zero-order valence-corrected chi connectivity index (χ0v) is 12.5. The predicted octanol–water partition coefficient (Wildman–Crippen LogP) is 2.70. The number of ketones is 1. The second-order valence-electron chi connectivity index (χ2n) is 5.69. The molecule has 2 N–H and O–H groups in total. The number of benzene rings is 1. The van der Waals surface area contributed by atoms with Gasteiger partial charge in [-0.1, -0.05) is 20.8 Å². The lowest BCUT2D eigenvalue weighted by Crippen LogP contribution is -2.30. The van der Waals surface area contributed by atoms with Crippen molar-refractivity contribution >= 4 is 11.5 Å². The largest absolute Gasteiger partial charge is 0.486 e. The van der Waals surface area contributed by atoms with Gasteiger partial charge in [-0.25, -0.2) is 0 Å². The normalized spacial score (nSPS) is 17.3. The van der Waals surface area contributed by atoms with Crippen LogP contribution >= 0.6 is 0 Å². The number of ether oxygens (including phenoxy) is 1. The Hall–Kier alpha value is -1.55. The van der Waals surface area contributed by atoms with Crippen molar-refractivity contribution in [3.05, 3.63) is 23.8 Å². The van der Waals surface area contributed by atoms with Crippen LogP contribution < -0.4 is 15.4 Å². The third-order valence-corrected chi connectivity index (χ3v) is 3.41. The second kappa shape index (κ2) is 6.75. The number of carbonyl (C=O) groups excluding carboxylic acids is 1. The van der Waals surface area contributed by atoms with E-state index in [2.05, 4.69) is 31.4 Å². The third kappa shape index (κ3) is 3.73. The molecule has 0 spiro atoms. The van der Waals surface area contributed by atoms with E-state index in [1.807, 2.05) is 18.2 Å². The van der Waals surface area contributed by atoms with Crippen LogP contribution in [0.15, 0.2) is 18.2 Å². The van der Waals surface area contributed by atoms with Crippen LogP contribution in [0.3, 0.4) is 0 Å². The van der Waals surface area contributed by atoms with Crippen LogP contribution in [-0.2, 0) is 0 Å². The van der Waals surface area contributed by atoms with Gasteiger partial charge in [0.1, 0.15) is 11.9 Å². The number of Topliss-reactive ketones (excluding diaryl/α,β-unsaturated/α-hetero) is 1. The molecule has 0 saturated heterocycles. The molecular formula is C16H24N2O2. The molecule has 1 atom stereocenters. The Balaban J connectivity index is 1.99. The number of hydrogen-bond acceptors (Lipinski definition) is 4. The maximum atomic E-state index is 12.1. The first-order valence-corrected chi connectivity index (χ1v) is 7.38. The summed E-state index contributed by atoms with van der Waals surface area (Å²) in [5.41, 5.74) is 1.65. The van der Waals surface area contributed by atoms with Crippen LogP contribution in [0.25, 0.3) is 0 Å². The lowest BCUT2D eigenvalue weighted by molar-refractivity contribution is 0.0990. The van der Waals surface area contributed by atoms with Crippen molar-refractivity contribution in [3.63, 3.8) is 0 Å². The summed E-state index contributed by atoms with van der Waals surface area (Å²) in [5, 5.41) is 6.51. The van der Waals surface area contributed by atoms with E-state index in [4.69, 9.17) is 4.74 Å². The van der Waals surface area contributed by atoms with Crippen LogP contribution in [0.1, 0.15) is 37.6 Å². The summed E-state index contributed by atoms with van der Waals surface area (Å²) in [5.74, 6) is 1.51. The Kier molecular flexibility index (Phi) is 5.01. The highest BCUT2D eigenvalue weighted by Crippen LogP contribution is 2.30. The molecule has 0 radical (unpaired) electrons. The Labute approximate surface area is 120 Å². The topological polar surface area (TPSA) is 50.4 Å². The maximum Gasteiger partial charge on any atom is 0.176 e. The number of nitrogens with one attached hydrogen (secondary N) is 2. The molecule has 1 unspecified atom stereocenters. The minimum absolute atomic E-state index is 0.118. The van der Waals surface area contributed by atoms with Crippen molar-refractivity contribution in [3.8, 4) is 5.75 Å². The van der Waals surface area contributed by atoms with Crippen molar-refractivity contribution < 1.29 is 9.53 Å². The molecule has 0 amide bonds. The minimum atomic E-state index is 0.118. The molecule has 0 fully saturated rings. The van der Waals surface area contributed by atoms with E-state index in [1.54, 1.807) is 0 Å². The minimum Gasteiger partial charge on any atom is -0.486 e. The number of rotatable bonds is 6. The van der Waals surface area contributed by atoms with E-state index < -0.39 is 0 Å². The summed E-state index contributed by atoms with van der Waals surface area (Å²) in [6.07, 6.45) is 1.20. The summed E-state index contributed by atoms with van der Waals surface area (Å²) in [6.45, 7) is 8.40. The quantitative estimate of drug-likeness (QED) is 0.784. The average Bonchev–Trinajstić information content (AvgIpc) is 2.45. The van der Waals surface area contributed by atoms with E-state index >= 15 is 0 Å². The highest BCUT2D eigenvalue weighted by atomic mass is 16.5. The number of carbonyl (C=O) groups is 1. The predicted molar refractivity (Wildman–Crippen MR) is 81.7 cm³/mol. The van der Waals surface area contributed by atoms with Gasteiger partial charge in [0, 0.05) is 5.56 Å². The van der Waals surface area contributed by atoms with Crippen molar-refractivity contribution in [2.45, 2.75) is 33.3 Å². The lowest BCUT2D eigenvalue weighted by Gasteiger charge is -2.26. The van der Waals surface area contributed by atoms with Crippen LogP contribution in [0.4, 0.5) is 5.69 Å². The Morgan fingerprint density at radius 2 is 2.30 bits per heavy atom. The van der Waals surface area contributed by atoms with Crippen LogP contribution in [0.5, 0.6) is 5.75 Å². The number of hydrogen-bond donors (Lipinski definition) is 2. The average molecular weight is 276 g/mol. The SMILES string of the molecule is CCC1CNc2cc(C(=O)CNCC(C)C)ccc2O1. The van der Waals surface area contributed by atoms with E-state index in [-0.39, 0.29) is 11.9 Å². The molecule has 1 aliphatic rings. The molecule has 1 aliphatic heterocycles.